The largest absolute Gasteiger partial charge is 0.483 e. The van der Waals surface area contributed by atoms with Crippen LogP contribution >= 0.6 is 11.3 Å². The van der Waals surface area contributed by atoms with Gasteiger partial charge >= 0.3 is 0 Å². The second-order valence-corrected chi connectivity index (χ2v) is 8.26. The summed E-state index contributed by atoms with van der Waals surface area (Å²) in [5.74, 6) is 0.384. The molecule has 0 saturated carbocycles. The van der Waals surface area contributed by atoms with E-state index in [2.05, 4.69) is 21.5 Å². The van der Waals surface area contributed by atoms with Crippen molar-refractivity contribution >= 4 is 28.5 Å². The monoisotopic (exact) mass is 419 g/mol. The highest BCUT2D eigenvalue weighted by Gasteiger charge is 2.12. The van der Waals surface area contributed by atoms with Crippen LogP contribution in [0, 0.1) is 0 Å². The van der Waals surface area contributed by atoms with Gasteiger partial charge in [0, 0.05) is 23.5 Å². The molecule has 1 aliphatic heterocycles. The van der Waals surface area contributed by atoms with E-state index >= 15 is 0 Å². The van der Waals surface area contributed by atoms with Crippen molar-refractivity contribution in [2.24, 2.45) is 5.10 Å². The molecule has 3 aromatic rings. The fraction of sp³-hybridized carbons (Fsp3) is 0.250. The number of carbonyl (C=O) groups excluding carboxylic acids is 1. The maximum Gasteiger partial charge on any atom is 0.277 e. The summed E-state index contributed by atoms with van der Waals surface area (Å²) in [5, 5.41) is 5.35. The van der Waals surface area contributed by atoms with Crippen molar-refractivity contribution in [3.05, 3.63) is 71.6 Å². The standard InChI is InChI=1S/C24H25N3O2S/c28-23(18-29-22-12-6-5-11-21(22)19-9-3-1-4-10-19)26-25-17-20-13-14-24(30-20)27-15-7-2-8-16-27/h1,3-6,9-14,17H,2,7-8,15-16,18H2,(H,26,28)/b25-17-. The SMILES string of the molecule is O=C(COc1ccccc1-c1ccccc1)N/N=C\c1ccc(N2CCCCC2)s1. The summed E-state index contributed by atoms with van der Waals surface area (Å²) in [6.45, 7) is 2.15. The van der Waals surface area contributed by atoms with Crippen molar-refractivity contribution < 1.29 is 9.53 Å². The minimum atomic E-state index is -0.290. The van der Waals surface area contributed by atoms with Crippen LogP contribution < -0.4 is 15.1 Å². The number of para-hydroxylation sites is 1. The molecule has 0 radical (unpaired) electrons. The molecule has 0 bridgehead atoms. The van der Waals surface area contributed by atoms with Crippen molar-refractivity contribution in [3.63, 3.8) is 0 Å². The van der Waals surface area contributed by atoms with Gasteiger partial charge in [-0.15, -0.1) is 11.3 Å². The van der Waals surface area contributed by atoms with Crippen LogP contribution in [-0.4, -0.2) is 31.8 Å². The molecule has 1 aliphatic rings. The quantitative estimate of drug-likeness (QED) is 0.436. The topological polar surface area (TPSA) is 53.9 Å². The molecule has 4 rings (SSSR count). The van der Waals surface area contributed by atoms with Crippen LogP contribution in [0.4, 0.5) is 5.00 Å². The van der Waals surface area contributed by atoms with Crippen molar-refractivity contribution in [1.29, 1.82) is 0 Å². The smallest absolute Gasteiger partial charge is 0.277 e. The molecule has 0 spiro atoms. The molecule has 1 N–H and O–H groups in total. The molecule has 1 fully saturated rings. The zero-order valence-corrected chi connectivity index (χ0v) is 17.6. The van der Waals surface area contributed by atoms with Gasteiger partial charge < -0.3 is 9.64 Å². The molecule has 0 aliphatic carbocycles. The number of nitrogens with zero attached hydrogens (tertiary/aromatic N) is 2. The van der Waals surface area contributed by atoms with E-state index in [1.54, 1.807) is 17.6 Å². The van der Waals surface area contributed by atoms with E-state index in [-0.39, 0.29) is 12.5 Å². The molecular weight excluding hydrogens is 394 g/mol. The van der Waals surface area contributed by atoms with Crippen LogP contribution in [0.1, 0.15) is 24.1 Å². The molecule has 154 valence electrons. The number of thiophene rings is 1. The molecular formula is C24H25N3O2S. The van der Waals surface area contributed by atoms with Gasteiger partial charge in [-0.3, -0.25) is 4.79 Å². The number of hydrogen-bond donors (Lipinski definition) is 1. The number of rotatable bonds is 7. The zero-order chi connectivity index (χ0) is 20.6. The molecule has 0 atom stereocenters. The number of piperidine rings is 1. The average molecular weight is 420 g/mol. The lowest BCUT2D eigenvalue weighted by atomic mass is 10.1. The Morgan fingerprint density at radius 1 is 1.00 bits per heavy atom. The van der Waals surface area contributed by atoms with E-state index in [0.717, 1.165) is 29.1 Å². The maximum atomic E-state index is 12.2. The Labute approximate surface area is 181 Å². The summed E-state index contributed by atoms with van der Waals surface area (Å²) in [7, 11) is 0. The Morgan fingerprint density at radius 3 is 2.60 bits per heavy atom. The molecule has 2 heterocycles. The third-order valence-corrected chi connectivity index (χ3v) is 6.07. The maximum absolute atomic E-state index is 12.2. The number of anilines is 1. The fourth-order valence-electron chi connectivity index (χ4n) is 3.49. The van der Waals surface area contributed by atoms with Gasteiger partial charge in [-0.25, -0.2) is 5.43 Å². The van der Waals surface area contributed by atoms with Crippen LogP contribution in [0.25, 0.3) is 11.1 Å². The second kappa shape index (κ2) is 10.1. The van der Waals surface area contributed by atoms with Gasteiger partial charge in [0.15, 0.2) is 6.61 Å². The first kappa shape index (κ1) is 20.2. The van der Waals surface area contributed by atoms with Gasteiger partial charge in [0.25, 0.3) is 5.91 Å². The summed E-state index contributed by atoms with van der Waals surface area (Å²) < 4.78 is 5.75. The Morgan fingerprint density at radius 2 is 1.77 bits per heavy atom. The van der Waals surface area contributed by atoms with E-state index in [4.69, 9.17) is 4.74 Å². The van der Waals surface area contributed by atoms with E-state index in [9.17, 15) is 4.79 Å². The average Bonchev–Trinajstić information content (AvgIpc) is 3.28. The predicted molar refractivity (Wildman–Crippen MR) is 123 cm³/mol. The van der Waals surface area contributed by atoms with E-state index in [0.29, 0.717) is 5.75 Å². The Bertz CT molecular complexity index is 994. The first-order valence-electron chi connectivity index (χ1n) is 10.2. The third kappa shape index (κ3) is 5.27. The first-order chi connectivity index (χ1) is 14.8. The number of ether oxygens (including phenoxy) is 1. The van der Waals surface area contributed by atoms with Crippen molar-refractivity contribution in [2.45, 2.75) is 19.3 Å². The van der Waals surface area contributed by atoms with Crippen LogP contribution in [0.3, 0.4) is 0 Å². The Hall–Kier alpha value is -3.12. The lowest BCUT2D eigenvalue weighted by Crippen LogP contribution is -2.28. The number of hydrazone groups is 1. The molecule has 6 heteroatoms. The molecule has 1 amide bonds. The molecule has 0 unspecified atom stereocenters. The van der Waals surface area contributed by atoms with E-state index in [1.807, 2.05) is 60.7 Å². The summed E-state index contributed by atoms with van der Waals surface area (Å²) in [4.78, 5) is 15.6. The molecule has 5 nitrogen and oxygen atoms in total. The van der Waals surface area contributed by atoms with Crippen molar-refractivity contribution in [3.8, 4) is 16.9 Å². The minimum absolute atomic E-state index is 0.0926. The highest BCUT2D eigenvalue weighted by molar-refractivity contribution is 7.17. The zero-order valence-electron chi connectivity index (χ0n) is 16.8. The van der Waals surface area contributed by atoms with Crippen LogP contribution in [0.2, 0.25) is 0 Å². The van der Waals surface area contributed by atoms with Gasteiger partial charge in [-0.05, 0) is 43.0 Å². The lowest BCUT2D eigenvalue weighted by molar-refractivity contribution is -0.123. The highest BCUT2D eigenvalue weighted by Crippen LogP contribution is 2.29. The normalized spacial score (nSPS) is 14.1. The van der Waals surface area contributed by atoms with Crippen LogP contribution in [-0.2, 0) is 4.79 Å². The predicted octanol–water partition coefficient (Wildman–Crippen LogP) is 4.93. The molecule has 1 aromatic heterocycles. The number of benzene rings is 2. The summed E-state index contributed by atoms with van der Waals surface area (Å²) in [5.41, 5.74) is 4.55. The van der Waals surface area contributed by atoms with Gasteiger partial charge in [-0.1, -0.05) is 48.5 Å². The van der Waals surface area contributed by atoms with Crippen LogP contribution in [0.5, 0.6) is 5.75 Å². The lowest BCUT2D eigenvalue weighted by Gasteiger charge is -2.27. The summed E-state index contributed by atoms with van der Waals surface area (Å²) in [6, 6.07) is 21.8. The van der Waals surface area contributed by atoms with Gasteiger partial charge in [0.2, 0.25) is 0 Å². The van der Waals surface area contributed by atoms with Gasteiger partial charge in [0.1, 0.15) is 5.75 Å². The van der Waals surface area contributed by atoms with Crippen LogP contribution in [0.15, 0.2) is 71.8 Å². The van der Waals surface area contributed by atoms with Gasteiger partial charge in [-0.2, -0.15) is 5.10 Å². The number of amides is 1. The summed E-state index contributed by atoms with van der Waals surface area (Å²) in [6.07, 6.45) is 5.52. The van der Waals surface area contributed by atoms with E-state index < -0.39 is 0 Å². The van der Waals surface area contributed by atoms with Crippen molar-refractivity contribution in [1.82, 2.24) is 5.43 Å². The molecule has 1 saturated heterocycles. The molecule has 30 heavy (non-hydrogen) atoms. The third-order valence-electron chi connectivity index (χ3n) is 4.99. The number of carbonyl (C=O) groups is 1. The van der Waals surface area contributed by atoms with E-state index in [1.165, 1.54) is 24.3 Å². The Balaban J connectivity index is 1.29. The number of hydrogen-bond acceptors (Lipinski definition) is 5. The minimum Gasteiger partial charge on any atom is -0.483 e. The summed E-state index contributed by atoms with van der Waals surface area (Å²) >= 11 is 1.69. The highest BCUT2D eigenvalue weighted by atomic mass is 32.1. The number of nitrogens with one attached hydrogen (secondary N) is 1. The Kier molecular flexibility index (Phi) is 6.77. The van der Waals surface area contributed by atoms with Gasteiger partial charge in [0.05, 0.1) is 11.2 Å². The first-order valence-corrected chi connectivity index (χ1v) is 11.1. The van der Waals surface area contributed by atoms with Crippen molar-refractivity contribution in [2.75, 3.05) is 24.6 Å². The molecule has 2 aromatic carbocycles. The fourth-order valence-corrected chi connectivity index (χ4v) is 4.42. The second-order valence-electron chi connectivity index (χ2n) is 7.17.